The Bertz CT molecular complexity index is 404. The first-order chi connectivity index (χ1) is 7.90. The quantitative estimate of drug-likeness (QED) is 0.694. The molecule has 0 unspecified atom stereocenters. The molecule has 0 radical (unpaired) electrons. The minimum atomic E-state index is -0.630. The molecule has 0 aliphatic heterocycles. The largest absolute Gasteiger partial charge is 0.364 e. The molecule has 0 spiro atoms. The van der Waals surface area contributed by atoms with Crippen molar-refractivity contribution in [1.82, 2.24) is 15.2 Å². The summed E-state index contributed by atoms with van der Waals surface area (Å²) in [5, 5.41) is 13.7. The number of carbonyl (C=O) groups is 1. The molecule has 7 heteroatoms. The van der Waals surface area contributed by atoms with Gasteiger partial charge in [0.25, 0.3) is 5.91 Å². The Morgan fingerprint density at radius 2 is 1.71 bits per heavy atom. The molecular formula is C10H18N6O. The Morgan fingerprint density at radius 3 is 2.18 bits per heavy atom. The number of hydrogen-bond donors (Lipinski definition) is 3. The summed E-state index contributed by atoms with van der Waals surface area (Å²) >= 11 is 0. The topological polar surface area (TPSA) is 106 Å². The average molecular weight is 238 g/mol. The highest BCUT2D eigenvalue weighted by molar-refractivity contribution is 5.95. The maximum absolute atomic E-state index is 11.3. The molecule has 1 heterocycles. The Labute approximate surface area is 100 Å². The van der Waals surface area contributed by atoms with Gasteiger partial charge in [0, 0.05) is 12.1 Å². The lowest BCUT2D eigenvalue weighted by atomic mass is 10.3. The fraction of sp³-hybridized carbons (Fsp3) is 0.600. The molecule has 0 bridgehead atoms. The summed E-state index contributed by atoms with van der Waals surface area (Å²) in [4.78, 5) is 15.3. The van der Waals surface area contributed by atoms with Crippen LogP contribution in [0.15, 0.2) is 0 Å². The van der Waals surface area contributed by atoms with E-state index in [4.69, 9.17) is 5.73 Å². The molecule has 0 aliphatic rings. The minimum absolute atomic E-state index is 0.0943. The highest BCUT2D eigenvalue weighted by Gasteiger charge is 2.15. The molecule has 1 aromatic rings. The van der Waals surface area contributed by atoms with E-state index < -0.39 is 5.91 Å². The first kappa shape index (κ1) is 13.1. The van der Waals surface area contributed by atoms with E-state index in [1.807, 2.05) is 27.7 Å². The second-order valence-electron chi connectivity index (χ2n) is 4.29. The summed E-state index contributed by atoms with van der Waals surface area (Å²) in [6.45, 7) is 7.72. The molecule has 0 atom stereocenters. The number of carbonyl (C=O) groups excluding carboxylic acids is 1. The van der Waals surface area contributed by atoms with Crippen LogP contribution in [0, 0.1) is 0 Å². The first-order valence-corrected chi connectivity index (χ1v) is 5.47. The van der Waals surface area contributed by atoms with E-state index in [0.29, 0.717) is 11.8 Å². The number of anilines is 2. The van der Waals surface area contributed by atoms with Gasteiger partial charge < -0.3 is 16.4 Å². The minimum Gasteiger partial charge on any atom is -0.364 e. The van der Waals surface area contributed by atoms with Gasteiger partial charge in [0.1, 0.15) is 0 Å². The number of nitrogens with zero attached hydrogens (tertiary/aromatic N) is 3. The van der Waals surface area contributed by atoms with Crippen LogP contribution in [0.5, 0.6) is 0 Å². The van der Waals surface area contributed by atoms with Gasteiger partial charge in [0.05, 0.1) is 0 Å². The summed E-state index contributed by atoms with van der Waals surface area (Å²) in [5.41, 5.74) is 5.35. The predicted molar refractivity (Wildman–Crippen MR) is 65.9 cm³/mol. The highest BCUT2D eigenvalue weighted by Crippen LogP contribution is 2.11. The molecule has 7 nitrogen and oxygen atoms in total. The van der Waals surface area contributed by atoms with Crippen LogP contribution in [-0.2, 0) is 0 Å². The Balaban J connectivity index is 3.04. The maximum atomic E-state index is 11.3. The summed E-state index contributed by atoms with van der Waals surface area (Å²) < 4.78 is 0. The van der Waals surface area contributed by atoms with Gasteiger partial charge in [-0.3, -0.25) is 4.79 Å². The zero-order valence-corrected chi connectivity index (χ0v) is 10.5. The monoisotopic (exact) mass is 238 g/mol. The van der Waals surface area contributed by atoms with Crippen LogP contribution >= 0.6 is 0 Å². The van der Waals surface area contributed by atoms with Crippen molar-refractivity contribution in [2.24, 2.45) is 5.73 Å². The number of amides is 1. The van der Waals surface area contributed by atoms with Gasteiger partial charge in [-0.25, -0.2) is 4.98 Å². The van der Waals surface area contributed by atoms with Crippen LogP contribution in [0.25, 0.3) is 0 Å². The molecule has 0 saturated carbocycles. The fourth-order valence-corrected chi connectivity index (χ4v) is 1.19. The number of nitrogens with one attached hydrogen (secondary N) is 2. The Morgan fingerprint density at radius 1 is 1.12 bits per heavy atom. The average Bonchev–Trinajstić information content (AvgIpc) is 2.18. The Hall–Kier alpha value is -1.92. The lowest BCUT2D eigenvalue weighted by Crippen LogP contribution is -2.23. The molecule has 17 heavy (non-hydrogen) atoms. The zero-order valence-electron chi connectivity index (χ0n) is 10.5. The van der Waals surface area contributed by atoms with Crippen LogP contribution in [0.4, 0.5) is 11.8 Å². The first-order valence-electron chi connectivity index (χ1n) is 5.47. The van der Waals surface area contributed by atoms with E-state index in [0.717, 1.165) is 0 Å². The molecular weight excluding hydrogens is 220 g/mol. The van der Waals surface area contributed by atoms with Crippen LogP contribution in [0.1, 0.15) is 38.2 Å². The summed E-state index contributed by atoms with van der Waals surface area (Å²) in [6, 6.07) is 0.273. The third kappa shape index (κ3) is 3.86. The van der Waals surface area contributed by atoms with Crippen molar-refractivity contribution in [3.05, 3.63) is 5.69 Å². The van der Waals surface area contributed by atoms with Crippen molar-refractivity contribution >= 4 is 17.7 Å². The van der Waals surface area contributed by atoms with Crippen molar-refractivity contribution < 1.29 is 4.79 Å². The van der Waals surface area contributed by atoms with Crippen LogP contribution < -0.4 is 16.4 Å². The van der Waals surface area contributed by atoms with Gasteiger partial charge in [-0.05, 0) is 27.7 Å². The van der Waals surface area contributed by atoms with Gasteiger partial charge in [-0.1, -0.05) is 0 Å². The van der Waals surface area contributed by atoms with Crippen molar-refractivity contribution in [2.45, 2.75) is 39.8 Å². The van der Waals surface area contributed by atoms with E-state index in [-0.39, 0.29) is 17.8 Å². The van der Waals surface area contributed by atoms with E-state index in [2.05, 4.69) is 25.8 Å². The molecule has 1 rings (SSSR count). The molecule has 1 aromatic heterocycles. The third-order valence-corrected chi connectivity index (χ3v) is 1.76. The summed E-state index contributed by atoms with van der Waals surface area (Å²) in [5.74, 6) is -0.0280. The number of nitrogens with two attached hydrogens (primary N) is 1. The number of hydrogen-bond acceptors (Lipinski definition) is 6. The smallest absolute Gasteiger partial charge is 0.271 e. The molecule has 94 valence electrons. The SMILES string of the molecule is CC(C)Nc1nnc(NC(C)C)c(C(N)=O)n1. The van der Waals surface area contributed by atoms with Crippen molar-refractivity contribution in [1.29, 1.82) is 0 Å². The molecule has 0 fully saturated rings. The lowest BCUT2D eigenvalue weighted by Gasteiger charge is -2.12. The van der Waals surface area contributed by atoms with Gasteiger partial charge in [0.2, 0.25) is 5.95 Å². The Kier molecular flexibility index (Phi) is 4.19. The fourth-order valence-electron chi connectivity index (χ4n) is 1.19. The molecule has 0 aromatic carbocycles. The van der Waals surface area contributed by atoms with Crippen LogP contribution in [-0.4, -0.2) is 33.2 Å². The van der Waals surface area contributed by atoms with Crippen LogP contribution in [0.3, 0.4) is 0 Å². The lowest BCUT2D eigenvalue weighted by molar-refractivity contribution is 0.0996. The molecule has 0 aliphatic carbocycles. The second-order valence-corrected chi connectivity index (χ2v) is 4.29. The normalized spacial score (nSPS) is 10.7. The standard InChI is InChI=1S/C10H18N6O/c1-5(2)12-9-7(8(11)17)14-10(16-15-9)13-6(3)4/h5-6H,1-4H3,(H2,11,17)(H,12,15)(H,13,14,16). The molecule has 1 amide bonds. The zero-order chi connectivity index (χ0) is 13.0. The van der Waals surface area contributed by atoms with E-state index in [9.17, 15) is 4.79 Å². The van der Waals surface area contributed by atoms with Crippen molar-refractivity contribution in [2.75, 3.05) is 10.6 Å². The highest BCUT2D eigenvalue weighted by atomic mass is 16.1. The number of rotatable bonds is 5. The molecule has 4 N–H and O–H groups in total. The van der Waals surface area contributed by atoms with Crippen LogP contribution in [0.2, 0.25) is 0 Å². The summed E-state index contributed by atoms with van der Waals surface area (Å²) in [7, 11) is 0. The number of aromatic nitrogens is 3. The van der Waals surface area contributed by atoms with Gasteiger partial charge >= 0.3 is 0 Å². The molecule has 0 saturated heterocycles. The second kappa shape index (κ2) is 5.42. The summed E-state index contributed by atoms with van der Waals surface area (Å²) in [6.07, 6.45) is 0. The van der Waals surface area contributed by atoms with Gasteiger partial charge in [-0.15, -0.1) is 10.2 Å². The van der Waals surface area contributed by atoms with Crippen molar-refractivity contribution in [3.63, 3.8) is 0 Å². The predicted octanol–water partition coefficient (Wildman–Crippen LogP) is 0.611. The van der Waals surface area contributed by atoms with Gasteiger partial charge in [0.15, 0.2) is 11.5 Å². The van der Waals surface area contributed by atoms with Crippen molar-refractivity contribution in [3.8, 4) is 0 Å². The maximum Gasteiger partial charge on any atom is 0.271 e. The third-order valence-electron chi connectivity index (χ3n) is 1.76. The van der Waals surface area contributed by atoms with E-state index in [1.54, 1.807) is 0 Å². The van der Waals surface area contributed by atoms with E-state index in [1.165, 1.54) is 0 Å². The van der Waals surface area contributed by atoms with E-state index >= 15 is 0 Å². The van der Waals surface area contributed by atoms with Gasteiger partial charge in [-0.2, -0.15) is 0 Å². The number of primary amides is 1.